The Labute approximate surface area is 134 Å². The molecule has 0 unspecified atom stereocenters. The highest BCUT2D eigenvalue weighted by molar-refractivity contribution is 8.13. The lowest BCUT2D eigenvalue weighted by atomic mass is 10.2. The van der Waals surface area contributed by atoms with Gasteiger partial charge in [-0.2, -0.15) is 0 Å². The number of rotatable bonds is 6. The topological polar surface area (TPSA) is 61.8 Å². The van der Waals surface area contributed by atoms with Crippen LogP contribution >= 0.6 is 11.8 Å². The molecule has 1 aromatic carbocycles. The lowest BCUT2D eigenvalue weighted by molar-refractivity contribution is -0.165. The SMILES string of the molecule is CCSC(=O)[C@H](OCc1ccccc1)[C@H]1OC(C)(C)OC1=O. The smallest absolute Gasteiger partial charge is 0.341 e. The summed E-state index contributed by atoms with van der Waals surface area (Å²) in [6, 6.07) is 9.47. The third kappa shape index (κ3) is 4.32. The van der Waals surface area contributed by atoms with Gasteiger partial charge in [-0.25, -0.2) is 4.79 Å². The Morgan fingerprint density at radius 3 is 2.59 bits per heavy atom. The van der Waals surface area contributed by atoms with Crippen molar-refractivity contribution >= 4 is 22.8 Å². The number of cyclic esters (lactones) is 1. The number of thioether (sulfide) groups is 1. The Morgan fingerprint density at radius 2 is 2.05 bits per heavy atom. The third-order valence-electron chi connectivity index (χ3n) is 3.06. The van der Waals surface area contributed by atoms with Crippen LogP contribution in [-0.4, -0.2) is 34.8 Å². The Balaban J connectivity index is 2.09. The molecule has 0 radical (unpaired) electrons. The summed E-state index contributed by atoms with van der Waals surface area (Å²) in [4.78, 5) is 24.2. The Morgan fingerprint density at radius 1 is 1.36 bits per heavy atom. The van der Waals surface area contributed by atoms with Gasteiger partial charge in [-0.3, -0.25) is 4.79 Å². The van der Waals surface area contributed by atoms with Crippen molar-refractivity contribution in [2.45, 2.75) is 45.4 Å². The van der Waals surface area contributed by atoms with E-state index in [0.717, 1.165) is 17.3 Å². The van der Waals surface area contributed by atoms with Crippen LogP contribution in [0.1, 0.15) is 26.3 Å². The monoisotopic (exact) mass is 324 g/mol. The van der Waals surface area contributed by atoms with E-state index in [-0.39, 0.29) is 11.7 Å². The van der Waals surface area contributed by atoms with Crippen molar-refractivity contribution in [1.29, 1.82) is 0 Å². The van der Waals surface area contributed by atoms with Gasteiger partial charge in [0.1, 0.15) is 0 Å². The number of ether oxygens (including phenoxy) is 3. The fourth-order valence-electron chi connectivity index (χ4n) is 2.13. The molecule has 0 spiro atoms. The second kappa shape index (κ2) is 7.26. The fourth-order valence-corrected chi connectivity index (χ4v) is 2.77. The second-order valence-corrected chi connectivity index (χ2v) is 6.60. The minimum atomic E-state index is -1.03. The van der Waals surface area contributed by atoms with E-state index in [9.17, 15) is 9.59 Å². The first-order chi connectivity index (χ1) is 10.4. The number of carbonyl (C=O) groups excluding carboxylic acids is 2. The highest BCUT2D eigenvalue weighted by atomic mass is 32.2. The minimum Gasteiger partial charge on any atom is -0.432 e. The fraction of sp³-hybridized carbons (Fsp3) is 0.500. The van der Waals surface area contributed by atoms with Crippen molar-refractivity contribution in [1.82, 2.24) is 0 Å². The molecule has 1 heterocycles. The van der Waals surface area contributed by atoms with E-state index in [4.69, 9.17) is 14.2 Å². The molecule has 6 heteroatoms. The van der Waals surface area contributed by atoms with Crippen LogP contribution in [0.3, 0.4) is 0 Å². The first kappa shape index (κ1) is 17.0. The van der Waals surface area contributed by atoms with Crippen LogP contribution in [0.2, 0.25) is 0 Å². The van der Waals surface area contributed by atoms with E-state index in [1.807, 2.05) is 37.3 Å². The summed E-state index contributed by atoms with van der Waals surface area (Å²) in [5, 5.41) is -0.224. The molecule has 5 nitrogen and oxygen atoms in total. The number of benzene rings is 1. The van der Waals surface area contributed by atoms with Crippen molar-refractivity contribution in [3.8, 4) is 0 Å². The van der Waals surface area contributed by atoms with Gasteiger partial charge >= 0.3 is 5.97 Å². The van der Waals surface area contributed by atoms with Gasteiger partial charge in [-0.15, -0.1) is 0 Å². The van der Waals surface area contributed by atoms with E-state index in [0.29, 0.717) is 5.75 Å². The molecule has 2 atom stereocenters. The number of hydrogen-bond donors (Lipinski definition) is 0. The molecular formula is C16H20O5S. The van der Waals surface area contributed by atoms with Crippen molar-refractivity contribution in [2.75, 3.05) is 5.75 Å². The van der Waals surface area contributed by atoms with Crippen LogP contribution in [0, 0.1) is 0 Å². The number of carbonyl (C=O) groups is 2. The molecule has 120 valence electrons. The summed E-state index contributed by atoms with van der Waals surface area (Å²) < 4.78 is 16.4. The Bertz CT molecular complexity index is 529. The quantitative estimate of drug-likeness (QED) is 0.749. The van der Waals surface area contributed by atoms with Crippen molar-refractivity contribution < 1.29 is 23.8 Å². The Hall–Kier alpha value is -1.37. The van der Waals surface area contributed by atoms with Crippen LogP contribution in [0.4, 0.5) is 0 Å². The number of esters is 1. The summed E-state index contributed by atoms with van der Waals surface area (Å²) in [7, 11) is 0. The maximum absolute atomic E-state index is 12.3. The van der Waals surface area contributed by atoms with E-state index in [2.05, 4.69) is 0 Å². The Kier molecular flexibility index (Phi) is 5.61. The predicted octanol–water partition coefficient (Wildman–Crippen LogP) is 2.53. The van der Waals surface area contributed by atoms with E-state index in [1.54, 1.807) is 13.8 Å². The molecule has 0 saturated carbocycles. The molecule has 0 aromatic heterocycles. The molecule has 1 aliphatic rings. The number of hydrogen-bond acceptors (Lipinski definition) is 6. The first-order valence-electron chi connectivity index (χ1n) is 7.16. The molecule has 0 amide bonds. The zero-order chi connectivity index (χ0) is 16.2. The summed E-state index contributed by atoms with van der Waals surface area (Å²) in [5.74, 6) is -0.990. The van der Waals surface area contributed by atoms with Crippen molar-refractivity contribution in [2.24, 2.45) is 0 Å². The second-order valence-electron chi connectivity index (χ2n) is 5.33. The largest absolute Gasteiger partial charge is 0.432 e. The molecule has 2 rings (SSSR count). The molecule has 1 saturated heterocycles. The van der Waals surface area contributed by atoms with Gasteiger partial charge in [0.15, 0.2) is 12.2 Å². The van der Waals surface area contributed by atoms with Gasteiger partial charge in [0.2, 0.25) is 10.9 Å². The van der Waals surface area contributed by atoms with Gasteiger partial charge in [-0.05, 0) is 11.3 Å². The molecule has 0 N–H and O–H groups in total. The maximum atomic E-state index is 12.3. The zero-order valence-electron chi connectivity index (χ0n) is 12.9. The summed E-state index contributed by atoms with van der Waals surface area (Å²) >= 11 is 1.11. The molecular weight excluding hydrogens is 304 g/mol. The summed E-state index contributed by atoms with van der Waals surface area (Å²) in [5.41, 5.74) is 0.924. The average molecular weight is 324 g/mol. The van der Waals surface area contributed by atoms with E-state index < -0.39 is 24.0 Å². The van der Waals surface area contributed by atoms with E-state index >= 15 is 0 Å². The van der Waals surface area contributed by atoms with Crippen LogP contribution in [0.15, 0.2) is 30.3 Å². The molecule has 1 aromatic rings. The predicted molar refractivity (Wildman–Crippen MR) is 83.2 cm³/mol. The van der Waals surface area contributed by atoms with Crippen molar-refractivity contribution in [3.05, 3.63) is 35.9 Å². The summed E-state index contributed by atoms with van der Waals surface area (Å²) in [6.07, 6.45) is -2.00. The highest BCUT2D eigenvalue weighted by Gasteiger charge is 2.48. The van der Waals surface area contributed by atoms with Crippen LogP contribution in [-0.2, 0) is 30.4 Å². The average Bonchev–Trinajstić information content (AvgIpc) is 2.74. The summed E-state index contributed by atoms with van der Waals surface area (Å²) in [6.45, 7) is 5.37. The van der Waals surface area contributed by atoms with Crippen LogP contribution < -0.4 is 0 Å². The van der Waals surface area contributed by atoms with E-state index in [1.165, 1.54) is 0 Å². The molecule has 1 fully saturated rings. The van der Waals surface area contributed by atoms with Crippen LogP contribution in [0.25, 0.3) is 0 Å². The molecule has 0 bridgehead atoms. The normalized spacial score (nSPS) is 21.4. The van der Waals surface area contributed by atoms with Gasteiger partial charge in [0.05, 0.1) is 6.61 Å². The minimum absolute atomic E-state index is 0.224. The third-order valence-corrected chi connectivity index (χ3v) is 3.86. The molecule has 0 aliphatic carbocycles. The first-order valence-corrected chi connectivity index (χ1v) is 8.14. The van der Waals surface area contributed by atoms with Gasteiger partial charge < -0.3 is 14.2 Å². The standard InChI is InChI=1S/C16H20O5S/c1-4-22-15(18)13(12-14(17)21-16(2,3)20-12)19-10-11-8-6-5-7-9-11/h5-9,12-13H,4,10H2,1-3H3/t12-,13-/m1/s1. The molecule has 22 heavy (non-hydrogen) atoms. The lowest BCUT2D eigenvalue weighted by Gasteiger charge is -2.21. The van der Waals surface area contributed by atoms with Crippen LogP contribution in [0.5, 0.6) is 0 Å². The molecule has 1 aliphatic heterocycles. The zero-order valence-corrected chi connectivity index (χ0v) is 13.7. The highest BCUT2D eigenvalue weighted by Crippen LogP contribution is 2.29. The van der Waals surface area contributed by atoms with Crippen molar-refractivity contribution in [3.63, 3.8) is 0 Å². The maximum Gasteiger partial charge on any atom is 0.341 e. The van der Waals surface area contributed by atoms with Gasteiger partial charge in [0, 0.05) is 13.8 Å². The van der Waals surface area contributed by atoms with Gasteiger partial charge in [-0.1, -0.05) is 49.0 Å². The lowest BCUT2D eigenvalue weighted by Crippen LogP contribution is -2.40. The van der Waals surface area contributed by atoms with Gasteiger partial charge in [0.25, 0.3) is 0 Å².